The van der Waals surface area contributed by atoms with Gasteiger partial charge in [-0.3, -0.25) is 4.90 Å². The predicted octanol–water partition coefficient (Wildman–Crippen LogP) is 5.19. The topological polar surface area (TPSA) is 3.24 Å². The van der Waals surface area contributed by atoms with Crippen LogP contribution >= 0.6 is 0 Å². The molecule has 110 valence electrons. The van der Waals surface area contributed by atoms with Crippen LogP contribution in [0.2, 0.25) is 0 Å². The van der Waals surface area contributed by atoms with E-state index in [1.807, 2.05) is 0 Å². The van der Waals surface area contributed by atoms with E-state index in [0.717, 1.165) is 12.8 Å². The Labute approximate surface area is 120 Å². The van der Waals surface area contributed by atoms with Crippen molar-refractivity contribution in [1.82, 2.24) is 4.90 Å². The molecule has 1 fully saturated rings. The Bertz CT molecular complexity index is 373. The molecule has 0 bridgehead atoms. The molecule has 1 aliphatic heterocycles. The molecule has 0 aromatic heterocycles. The normalized spacial score (nSPS) is 24.2. The molecule has 0 spiro atoms. The summed E-state index contributed by atoms with van der Waals surface area (Å²) in [5, 5.41) is 0. The van der Waals surface area contributed by atoms with Gasteiger partial charge in [-0.15, -0.1) is 0 Å². The highest BCUT2D eigenvalue weighted by molar-refractivity contribution is 5.33. The number of hydrogen-bond acceptors (Lipinski definition) is 1. The molecule has 0 aromatic carbocycles. The first-order valence-corrected chi connectivity index (χ1v) is 7.46. The lowest BCUT2D eigenvalue weighted by molar-refractivity contribution is -0.0553. The number of rotatable bonds is 3. The summed E-state index contributed by atoms with van der Waals surface area (Å²) in [6, 6.07) is 0.508. The van der Waals surface area contributed by atoms with Crippen LogP contribution in [0.1, 0.15) is 68.2 Å². The Kier molecular flexibility index (Phi) is 4.14. The van der Waals surface area contributed by atoms with E-state index in [2.05, 4.69) is 73.4 Å². The fourth-order valence-corrected chi connectivity index (χ4v) is 3.34. The van der Waals surface area contributed by atoms with Gasteiger partial charge in [-0.1, -0.05) is 39.5 Å². The van der Waals surface area contributed by atoms with Crippen molar-refractivity contribution >= 4 is 0 Å². The number of nitrogens with zero attached hydrogens (tertiary/aromatic N) is 1. The SMILES string of the molecule is C=C(CCC1C(=C)C(C)(C)N1C(C)(C)C)C(C)(C)C. The Balaban J connectivity index is 2.74. The molecule has 0 aliphatic carbocycles. The van der Waals surface area contributed by atoms with Crippen LogP contribution in [0.4, 0.5) is 0 Å². The third-order valence-corrected chi connectivity index (χ3v) is 4.60. The first-order valence-electron chi connectivity index (χ1n) is 7.46. The molecule has 0 amide bonds. The van der Waals surface area contributed by atoms with Gasteiger partial charge in [0, 0.05) is 17.1 Å². The maximum atomic E-state index is 4.33. The van der Waals surface area contributed by atoms with Gasteiger partial charge in [0.25, 0.3) is 0 Å². The van der Waals surface area contributed by atoms with Gasteiger partial charge >= 0.3 is 0 Å². The zero-order valence-electron chi connectivity index (χ0n) is 14.4. The van der Waals surface area contributed by atoms with Crippen molar-refractivity contribution in [3.8, 4) is 0 Å². The Morgan fingerprint density at radius 1 is 1.16 bits per heavy atom. The standard InChI is InChI=1S/C18H33N/c1-13(16(3,4)5)11-12-15-14(2)18(9,10)19(15)17(6,7)8/h15H,1-2,11-12H2,3-10H3. The lowest BCUT2D eigenvalue weighted by atomic mass is 9.70. The third kappa shape index (κ3) is 3.13. The largest absolute Gasteiger partial charge is 0.283 e. The summed E-state index contributed by atoms with van der Waals surface area (Å²) < 4.78 is 0. The lowest BCUT2D eigenvalue weighted by Crippen LogP contribution is -2.70. The quantitative estimate of drug-likeness (QED) is 0.634. The van der Waals surface area contributed by atoms with E-state index in [4.69, 9.17) is 0 Å². The maximum absolute atomic E-state index is 4.33. The van der Waals surface area contributed by atoms with Crippen LogP contribution < -0.4 is 0 Å². The van der Waals surface area contributed by atoms with Crippen molar-refractivity contribution in [3.05, 3.63) is 24.3 Å². The van der Waals surface area contributed by atoms with Crippen LogP contribution in [0.3, 0.4) is 0 Å². The Hall–Kier alpha value is -0.560. The van der Waals surface area contributed by atoms with E-state index in [1.165, 1.54) is 11.1 Å². The third-order valence-electron chi connectivity index (χ3n) is 4.60. The summed E-state index contributed by atoms with van der Waals surface area (Å²) in [6.07, 6.45) is 2.24. The average molecular weight is 263 g/mol. The van der Waals surface area contributed by atoms with Crippen molar-refractivity contribution in [2.24, 2.45) is 5.41 Å². The van der Waals surface area contributed by atoms with Gasteiger partial charge in [0.1, 0.15) is 0 Å². The zero-order valence-corrected chi connectivity index (χ0v) is 14.4. The Morgan fingerprint density at radius 2 is 1.63 bits per heavy atom. The molecule has 1 unspecified atom stereocenters. The summed E-state index contributed by atoms with van der Waals surface area (Å²) >= 11 is 0. The Morgan fingerprint density at radius 3 is 2.00 bits per heavy atom. The molecular weight excluding hydrogens is 230 g/mol. The van der Waals surface area contributed by atoms with Gasteiger partial charge in [-0.05, 0) is 58.4 Å². The molecule has 1 atom stereocenters. The van der Waals surface area contributed by atoms with Crippen LogP contribution in [0.25, 0.3) is 0 Å². The molecule has 1 nitrogen and oxygen atoms in total. The second kappa shape index (κ2) is 4.77. The highest BCUT2D eigenvalue weighted by Gasteiger charge is 2.52. The van der Waals surface area contributed by atoms with Crippen molar-refractivity contribution in [1.29, 1.82) is 0 Å². The molecule has 0 aromatic rings. The monoisotopic (exact) mass is 263 g/mol. The highest BCUT2D eigenvalue weighted by atomic mass is 15.3. The highest BCUT2D eigenvalue weighted by Crippen LogP contribution is 2.47. The van der Waals surface area contributed by atoms with E-state index >= 15 is 0 Å². The summed E-state index contributed by atoms with van der Waals surface area (Å²) in [7, 11) is 0. The second-order valence-corrected chi connectivity index (χ2v) is 8.53. The summed E-state index contributed by atoms with van der Waals surface area (Å²) in [4.78, 5) is 2.61. The van der Waals surface area contributed by atoms with Gasteiger partial charge in [-0.2, -0.15) is 0 Å². The van der Waals surface area contributed by atoms with E-state index in [0.29, 0.717) is 6.04 Å². The van der Waals surface area contributed by atoms with Gasteiger partial charge in [0.15, 0.2) is 0 Å². The fourth-order valence-electron chi connectivity index (χ4n) is 3.34. The molecule has 0 saturated carbocycles. The molecular formula is C18H33N. The molecule has 0 N–H and O–H groups in total. The van der Waals surface area contributed by atoms with Crippen molar-refractivity contribution in [2.45, 2.75) is 85.4 Å². The summed E-state index contributed by atoms with van der Waals surface area (Å²) in [6.45, 7) is 26.8. The maximum Gasteiger partial charge on any atom is 0.0387 e. The van der Waals surface area contributed by atoms with Crippen LogP contribution in [0, 0.1) is 5.41 Å². The first kappa shape index (κ1) is 16.5. The molecule has 19 heavy (non-hydrogen) atoms. The average Bonchev–Trinajstić information content (AvgIpc) is 2.18. The molecule has 1 heterocycles. The van der Waals surface area contributed by atoms with Crippen molar-refractivity contribution in [2.75, 3.05) is 0 Å². The van der Waals surface area contributed by atoms with E-state index in [1.54, 1.807) is 0 Å². The first-order chi connectivity index (χ1) is 8.29. The number of hydrogen-bond donors (Lipinski definition) is 0. The minimum absolute atomic E-state index is 0.131. The minimum atomic E-state index is 0.131. The van der Waals surface area contributed by atoms with Crippen LogP contribution in [0.15, 0.2) is 24.3 Å². The van der Waals surface area contributed by atoms with Crippen LogP contribution in [-0.4, -0.2) is 22.0 Å². The van der Waals surface area contributed by atoms with Gasteiger partial charge in [-0.25, -0.2) is 0 Å². The van der Waals surface area contributed by atoms with E-state index in [-0.39, 0.29) is 16.5 Å². The lowest BCUT2D eigenvalue weighted by Gasteiger charge is -2.63. The second-order valence-electron chi connectivity index (χ2n) is 8.53. The van der Waals surface area contributed by atoms with E-state index in [9.17, 15) is 0 Å². The van der Waals surface area contributed by atoms with Gasteiger partial charge in [0.2, 0.25) is 0 Å². The zero-order chi connectivity index (χ0) is 15.2. The van der Waals surface area contributed by atoms with Crippen LogP contribution in [0.5, 0.6) is 0 Å². The fraction of sp³-hybridized carbons (Fsp3) is 0.778. The number of allylic oxidation sites excluding steroid dienone is 1. The smallest absolute Gasteiger partial charge is 0.0387 e. The molecule has 1 aliphatic rings. The molecule has 1 saturated heterocycles. The summed E-state index contributed by atoms with van der Waals surface area (Å²) in [5.74, 6) is 0. The number of likely N-dealkylation sites (tertiary alicyclic amines) is 1. The minimum Gasteiger partial charge on any atom is -0.283 e. The van der Waals surface area contributed by atoms with E-state index < -0.39 is 0 Å². The predicted molar refractivity (Wildman–Crippen MR) is 86.4 cm³/mol. The van der Waals surface area contributed by atoms with Crippen LogP contribution in [-0.2, 0) is 0 Å². The molecule has 0 radical (unpaired) electrons. The molecule has 1 heteroatoms. The molecule has 1 rings (SSSR count). The summed E-state index contributed by atoms with van der Waals surface area (Å²) in [5.41, 5.74) is 3.26. The van der Waals surface area contributed by atoms with Gasteiger partial charge < -0.3 is 0 Å². The van der Waals surface area contributed by atoms with Crippen molar-refractivity contribution in [3.63, 3.8) is 0 Å². The van der Waals surface area contributed by atoms with Gasteiger partial charge in [0.05, 0.1) is 0 Å². The van der Waals surface area contributed by atoms with Crippen molar-refractivity contribution < 1.29 is 0 Å².